The van der Waals surface area contributed by atoms with Crippen LogP contribution in [0.3, 0.4) is 0 Å². The van der Waals surface area contributed by atoms with Crippen molar-refractivity contribution in [3.63, 3.8) is 0 Å². The van der Waals surface area contributed by atoms with Crippen LogP contribution in [0.15, 0.2) is 53.5 Å². The lowest BCUT2D eigenvalue weighted by Crippen LogP contribution is -2.39. The number of alkyl halides is 6. The molecule has 0 N–H and O–H groups in total. The molecule has 1 heterocycles. The zero-order chi connectivity index (χ0) is 31.3. The first kappa shape index (κ1) is 32.8. The molecule has 0 aliphatic heterocycles. The molecule has 0 bridgehead atoms. The van der Waals surface area contributed by atoms with Crippen molar-refractivity contribution in [2.24, 2.45) is 0 Å². The molecule has 3 aromatic rings. The summed E-state index contributed by atoms with van der Waals surface area (Å²) in [5, 5.41) is 0. The summed E-state index contributed by atoms with van der Waals surface area (Å²) in [6.07, 6.45) is -6.10. The predicted octanol–water partition coefficient (Wildman–Crippen LogP) is 7.04. The molecule has 0 unspecified atom stereocenters. The Morgan fingerprint density at radius 2 is 1.45 bits per heavy atom. The fourth-order valence-electron chi connectivity index (χ4n) is 4.50. The van der Waals surface area contributed by atoms with E-state index in [0.717, 1.165) is 10.1 Å². The minimum Gasteiger partial charge on any atom is -0.476 e. The molecule has 0 aliphatic carbocycles. The normalized spacial score (nSPS) is 12.4. The molecule has 0 fully saturated rings. The maximum absolute atomic E-state index is 13.3. The highest BCUT2D eigenvalue weighted by Gasteiger charge is 2.37. The van der Waals surface area contributed by atoms with Crippen molar-refractivity contribution in [2.45, 2.75) is 84.4 Å². The molecule has 42 heavy (non-hydrogen) atoms. The third-order valence-corrected chi connectivity index (χ3v) is 6.54. The largest absolute Gasteiger partial charge is 0.476 e. The summed E-state index contributed by atoms with van der Waals surface area (Å²) < 4.78 is 93.2. The number of aromatic nitrogens is 2. The number of ether oxygens (including phenoxy) is 2. The van der Waals surface area contributed by atoms with Crippen molar-refractivity contribution >= 4 is 5.97 Å². The third kappa shape index (κ3) is 8.42. The molecule has 0 atom stereocenters. The van der Waals surface area contributed by atoms with Gasteiger partial charge in [0.25, 0.3) is 0 Å². The first-order chi connectivity index (χ1) is 19.5. The van der Waals surface area contributed by atoms with Gasteiger partial charge in [-0.1, -0.05) is 19.1 Å². The van der Waals surface area contributed by atoms with Crippen molar-refractivity contribution in [1.29, 1.82) is 0 Å². The van der Waals surface area contributed by atoms with E-state index in [2.05, 4.69) is 0 Å². The quantitative estimate of drug-likeness (QED) is 0.165. The van der Waals surface area contributed by atoms with Gasteiger partial charge in [-0.3, -0.25) is 9.13 Å². The predicted molar refractivity (Wildman–Crippen MR) is 144 cm³/mol. The summed E-state index contributed by atoms with van der Waals surface area (Å²) in [5.74, 6) is 0.0157. The number of hydrogen-bond donors (Lipinski definition) is 0. The van der Waals surface area contributed by atoms with E-state index in [9.17, 15) is 35.9 Å². The van der Waals surface area contributed by atoms with Crippen molar-refractivity contribution in [1.82, 2.24) is 9.13 Å². The zero-order valence-corrected chi connectivity index (χ0v) is 23.9. The van der Waals surface area contributed by atoms with Crippen LogP contribution in [0.25, 0.3) is 0 Å². The number of rotatable bonds is 12. The molecule has 1 aromatic heterocycles. The van der Waals surface area contributed by atoms with Crippen LogP contribution in [-0.2, 0) is 47.8 Å². The van der Waals surface area contributed by atoms with Gasteiger partial charge in [-0.25, -0.2) is 9.59 Å². The van der Waals surface area contributed by atoms with E-state index in [-0.39, 0.29) is 18.2 Å². The second-order valence-electron chi connectivity index (χ2n) is 10.4. The number of carbonyl (C=O) groups is 1. The van der Waals surface area contributed by atoms with Crippen LogP contribution in [-0.4, -0.2) is 27.3 Å². The topological polar surface area (TPSA) is 62.5 Å². The van der Waals surface area contributed by atoms with Gasteiger partial charge in [-0.15, -0.1) is 0 Å². The highest BCUT2D eigenvalue weighted by molar-refractivity contribution is 5.79. The lowest BCUT2D eigenvalue weighted by molar-refractivity contribution is -0.158. The van der Waals surface area contributed by atoms with Crippen molar-refractivity contribution < 1.29 is 40.6 Å². The molecule has 0 amide bonds. The lowest BCUT2D eigenvalue weighted by atomic mass is 10.0. The first-order valence-corrected chi connectivity index (χ1v) is 13.6. The average Bonchev–Trinajstić information content (AvgIpc) is 3.18. The van der Waals surface area contributed by atoms with Crippen LogP contribution < -0.4 is 10.4 Å². The minimum atomic E-state index is -4.97. The lowest BCUT2D eigenvalue weighted by Gasteiger charge is -2.24. The molecular weight excluding hydrogens is 566 g/mol. The molecule has 0 spiro atoms. The zero-order valence-electron chi connectivity index (χ0n) is 23.9. The Bertz CT molecular complexity index is 1390. The Morgan fingerprint density at radius 3 is 1.98 bits per heavy atom. The highest BCUT2D eigenvalue weighted by atomic mass is 19.4. The van der Waals surface area contributed by atoms with Gasteiger partial charge in [-0.2, -0.15) is 26.3 Å². The maximum Gasteiger partial charge on any atom is 0.416 e. The van der Waals surface area contributed by atoms with E-state index in [1.54, 1.807) is 32.9 Å². The summed E-state index contributed by atoms with van der Waals surface area (Å²) in [6, 6.07) is 8.53. The van der Waals surface area contributed by atoms with Crippen molar-refractivity contribution in [3.8, 4) is 5.75 Å². The molecule has 0 saturated heterocycles. The summed E-state index contributed by atoms with van der Waals surface area (Å²) in [6.45, 7) is 6.97. The van der Waals surface area contributed by atoms with E-state index in [1.165, 1.54) is 10.8 Å². The Labute approximate surface area is 239 Å². The second kappa shape index (κ2) is 13.1. The molecule has 2 aromatic carbocycles. The van der Waals surface area contributed by atoms with Gasteiger partial charge in [0, 0.05) is 18.4 Å². The number of benzene rings is 2. The van der Waals surface area contributed by atoms with E-state index in [4.69, 9.17) is 9.47 Å². The number of nitrogens with zero attached hydrogens (tertiary/aromatic N) is 2. The van der Waals surface area contributed by atoms with Gasteiger partial charge in [0.2, 0.25) is 0 Å². The number of carbonyl (C=O) groups excluding carboxylic acids is 1. The van der Waals surface area contributed by atoms with Crippen LogP contribution >= 0.6 is 0 Å². The average molecular weight is 601 g/mol. The molecule has 12 heteroatoms. The summed E-state index contributed by atoms with van der Waals surface area (Å²) in [7, 11) is 0. The minimum absolute atomic E-state index is 0.0693. The Hall–Kier alpha value is -3.70. The van der Waals surface area contributed by atoms with Crippen LogP contribution in [0.1, 0.15) is 68.5 Å². The van der Waals surface area contributed by atoms with Gasteiger partial charge in [0.1, 0.15) is 5.75 Å². The molecule has 3 rings (SSSR count). The van der Waals surface area contributed by atoms with E-state index < -0.39 is 47.3 Å². The number of esters is 1. The summed E-state index contributed by atoms with van der Waals surface area (Å²) in [5.41, 5.74) is -3.15. The van der Waals surface area contributed by atoms with Crippen molar-refractivity contribution in [3.05, 3.63) is 87.1 Å². The Morgan fingerprint density at radius 1 is 0.857 bits per heavy atom. The molecular formula is C30H34F6N2O4. The van der Waals surface area contributed by atoms with E-state index in [0.29, 0.717) is 55.8 Å². The molecule has 230 valence electrons. The van der Waals surface area contributed by atoms with Crippen LogP contribution in [0.2, 0.25) is 0 Å². The van der Waals surface area contributed by atoms with Gasteiger partial charge >= 0.3 is 24.0 Å². The van der Waals surface area contributed by atoms with Crippen molar-refractivity contribution in [2.75, 3.05) is 6.61 Å². The number of imidazole rings is 1. The standard InChI is InChI=1S/C30H34F6N2O4/c1-5-14-38-24(9-7-8-20-10-12-25(13-11-20)42-28(3,4)26(39)41-6-2)19-37(27(38)40)18-21-15-22(29(31,32)33)17-23(16-21)30(34,35)36/h10-13,15-17,19H,5-9,14,18H2,1-4H3. The van der Waals surface area contributed by atoms with Crippen LogP contribution in [0.5, 0.6) is 5.75 Å². The second-order valence-corrected chi connectivity index (χ2v) is 10.4. The smallest absolute Gasteiger partial charge is 0.416 e. The van der Waals surface area contributed by atoms with Crippen LogP contribution in [0.4, 0.5) is 26.3 Å². The van der Waals surface area contributed by atoms with Gasteiger partial charge in [0.05, 0.1) is 24.3 Å². The number of aryl methyl sites for hydroxylation is 2. The fraction of sp³-hybridized carbons (Fsp3) is 0.467. The Balaban J connectivity index is 1.74. The molecule has 0 radical (unpaired) electrons. The Kier molecular flexibility index (Phi) is 10.2. The van der Waals surface area contributed by atoms with E-state index >= 15 is 0 Å². The van der Waals surface area contributed by atoms with Gasteiger partial charge in [-0.05, 0) is 87.9 Å². The summed E-state index contributed by atoms with van der Waals surface area (Å²) in [4.78, 5) is 25.1. The third-order valence-electron chi connectivity index (χ3n) is 6.54. The molecule has 6 nitrogen and oxygen atoms in total. The highest BCUT2D eigenvalue weighted by Crippen LogP contribution is 2.36. The van der Waals surface area contributed by atoms with E-state index in [1.807, 2.05) is 19.1 Å². The van der Waals surface area contributed by atoms with Gasteiger partial charge in [0.15, 0.2) is 5.60 Å². The van der Waals surface area contributed by atoms with Crippen LogP contribution in [0, 0.1) is 0 Å². The first-order valence-electron chi connectivity index (χ1n) is 13.6. The number of hydrogen-bond acceptors (Lipinski definition) is 4. The maximum atomic E-state index is 13.3. The fourth-order valence-corrected chi connectivity index (χ4v) is 4.50. The molecule has 0 saturated carbocycles. The molecule has 0 aliphatic rings. The van der Waals surface area contributed by atoms with Gasteiger partial charge < -0.3 is 9.47 Å². The monoisotopic (exact) mass is 600 g/mol. The SMILES string of the molecule is CCCn1c(CCCc2ccc(OC(C)(C)C(=O)OCC)cc2)cn(Cc2cc(C(F)(F)F)cc(C(F)(F)F)c2)c1=O. The number of halogens is 6. The summed E-state index contributed by atoms with van der Waals surface area (Å²) >= 11 is 0.